The maximum atomic E-state index is 9.48. The van der Waals surface area contributed by atoms with E-state index in [2.05, 4.69) is 34.5 Å². The van der Waals surface area contributed by atoms with Gasteiger partial charge in [0, 0.05) is 42.9 Å². The number of hydrogen-bond acceptors (Lipinski definition) is 5. The van der Waals surface area contributed by atoms with E-state index in [9.17, 15) is 5.11 Å². The first-order valence-corrected chi connectivity index (χ1v) is 8.22. The molecule has 21 heavy (non-hydrogen) atoms. The molecule has 2 aromatic rings. The van der Waals surface area contributed by atoms with E-state index in [0.29, 0.717) is 5.92 Å². The largest absolute Gasteiger partial charge is 0.396 e. The summed E-state index contributed by atoms with van der Waals surface area (Å²) >= 11 is 1.71. The fourth-order valence-electron chi connectivity index (χ4n) is 2.09. The minimum atomic E-state index is 0.165. The Labute approximate surface area is 130 Å². The van der Waals surface area contributed by atoms with E-state index < -0.39 is 0 Å². The van der Waals surface area contributed by atoms with Gasteiger partial charge in [-0.1, -0.05) is 19.9 Å². The van der Waals surface area contributed by atoms with Gasteiger partial charge in [0.1, 0.15) is 0 Å². The van der Waals surface area contributed by atoms with Crippen molar-refractivity contribution in [2.24, 2.45) is 5.92 Å². The zero-order valence-corrected chi connectivity index (χ0v) is 13.4. The summed E-state index contributed by atoms with van der Waals surface area (Å²) in [6.07, 6.45) is 2.58. The first kappa shape index (κ1) is 16.1. The van der Waals surface area contributed by atoms with Crippen molar-refractivity contribution in [1.29, 1.82) is 0 Å². The normalized spacial score (nSPS) is 12.8. The van der Waals surface area contributed by atoms with Gasteiger partial charge in [0.2, 0.25) is 0 Å². The Hall–Kier alpha value is -1.30. The van der Waals surface area contributed by atoms with Gasteiger partial charge >= 0.3 is 0 Å². The zero-order valence-electron chi connectivity index (χ0n) is 12.6. The summed E-state index contributed by atoms with van der Waals surface area (Å²) in [6.45, 7) is 6.00. The van der Waals surface area contributed by atoms with E-state index in [4.69, 9.17) is 0 Å². The van der Waals surface area contributed by atoms with Gasteiger partial charge in [-0.15, -0.1) is 11.3 Å². The predicted octanol–water partition coefficient (Wildman–Crippen LogP) is 2.60. The van der Waals surface area contributed by atoms with Crippen LogP contribution in [0.1, 0.15) is 36.2 Å². The van der Waals surface area contributed by atoms with E-state index in [1.165, 1.54) is 5.01 Å². The summed E-state index contributed by atoms with van der Waals surface area (Å²) in [5, 5.41) is 16.1. The second kappa shape index (κ2) is 8.22. The second-order valence-corrected chi connectivity index (χ2v) is 6.43. The van der Waals surface area contributed by atoms with E-state index in [1.807, 2.05) is 18.2 Å². The van der Waals surface area contributed by atoms with Crippen molar-refractivity contribution in [2.45, 2.75) is 32.7 Å². The number of hydrogen-bond donors (Lipinski definition) is 2. The van der Waals surface area contributed by atoms with Crippen LogP contribution in [0.3, 0.4) is 0 Å². The van der Waals surface area contributed by atoms with Gasteiger partial charge in [0.05, 0.1) is 10.7 Å². The van der Waals surface area contributed by atoms with Crippen LogP contribution in [0.25, 0.3) is 0 Å². The van der Waals surface area contributed by atoms with E-state index >= 15 is 0 Å². The molecule has 0 bridgehead atoms. The summed E-state index contributed by atoms with van der Waals surface area (Å²) in [6, 6.07) is 5.88. The monoisotopic (exact) mass is 305 g/mol. The Morgan fingerprint density at radius 1 is 1.29 bits per heavy atom. The Bertz CT molecular complexity index is 527. The first-order chi connectivity index (χ1) is 10.2. The zero-order chi connectivity index (χ0) is 15.1. The maximum absolute atomic E-state index is 9.48. The van der Waals surface area contributed by atoms with Gasteiger partial charge in [-0.05, 0) is 24.5 Å². The molecule has 114 valence electrons. The number of aliphatic hydroxyl groups excluding tert-OH is 1. The van der Waals surface area contributed by atoms with Gasteiger partial charge in [-0.3, -0.25) is 4.98 Å². The molecule has 0 aliphatic heterocycles. The molecular weight excluding hydrogens is 282 g/mol. The second-order valence-electron chi connectivity index (χ2n) is 5.54. The molecule has 0 aliphatic carbocycles. The highest BCUT2D eigenvalue weighted by atomic mass is 32.1. The van der Waals surface area contributed by atoms with Crippen LogP contribution in [0.15, 0.2) is 29.8 Å². The lowest BCUT2D eigenvalue weighted by Gasteiger charge is -2.14. The first-order valence-electron chi connectivity index (χ1n) is 7.34. The van der Waals surface area contributed by atoms with E-state index in [-0.39, 0.29) is 12.5 Å². The minimum absolute atomic E-state index is 0.165. The predicted molar refractivity (Wildman–Crippen MR) is 86.4 cm³/mol. The highest BCUT2D eigenvalue weighted by Crippen LogP contribution is 2.19. The lowest BCUT2D eigenvalue weighted by molar-refractivity contribution is 0.220. The van der Waals surface area contributed by atoms with E-state index in [1.54, 1.807) is 17.5 Å². The Balaban J connectivity index is 1.77. The molecule has 4 nitrogen and oxygen atoms in total. The van der Waals surface area contributed by atoms with Crippen LogP contribution in [0.2, 0.25) is 0 Å². The number of nitrogens with zero attached hydrogens (tertiary/aromatic N) is 2. The van der Waals surface area contributed by atoms with Gasteiger partial charge in [-0.25, -0.2) is 4.98 Å². The average molecular weight is 305 g/mol. The van der Waals surface area contributed by atoms with Crippen LogP contribution in [0.5, 0.6) is 0 Å². The van der Waals surface area contributed by atoms with Crippen LogP contribution >= 0.6 is 11.3 Å². The summed E-state index contributed by atoms with van der Waals surface area (Å²) < 4.78 is 0. The topological polar surface area (TPSA) is 58.0 Å². The van der Waals surface area contributed by atoms with Crippen molar-refractivity contribution in [3.63, 3.8) is 0 Å². The summed E-state index contributed by atoms with van der Waals surface area (Å²) in [7, 11) is 0. The lowest BCUT2D eigenvalue weighted by atomic mass is 10.0. The van der Waals surface area contributed by atoms with Crippen molar-refractivity contribution in [3.8, 4) is 0 Å². The molecule has 5 heteroatoms. The molecule has 0 fully saturated rings. The molecule has 2 heterocycles. The number of thiazole rings is 1. The fraction of sp³-hybridized carbons (Fsp3) is 0.500. The quantitative estimate of drug-likeness (QED) is 0.787. The molecule has 0 amide bonds. The van der Waals surface area contributed by atoms with Crippen LogP contribution < -0.4 is 5.32 Å². The minimum Gasteiger partial charge on any atom is -0.396 e. The number of aliphatic hydroxyl groups is 1. The standard InChI is InChI=1S/C16H23N3OS/c1-12(2)16-19-15(11-21-16)9-17-8-13(10-20)7-14-5-3-4-6-18-14/h3-6,11-13,17,20H,7-10H2,1-2H3. The molecular formula is C16H23N3OS. The lowest BCUT2D eigenvalue weighted by Crippen LogP contribution is -2.26. The smallest absolute Gasteiger partial charge is 0.0954 e. The molecule has 2 aromatic heterocycles. The molecule has 0 saturated carbocycles. The molecule has 0 saturated heterocycles. The molecule has 0 radical (unpaired) electrons. The van der Waals surface area contributed by atoms with Crippen molar-refractivity contribution in [1.82, 2.24) is 15.3 Å². The summed E-state index contributed by atoms with van der Waals surface area (Å²) in [5.74, 6) is 0.668. The van der Waals surface area contributed by atoms with Crippen molar-refractivity contribution < 1.29 is 5.11 Å². The third-order valence-corrected chi connectivity index (χ3v) is 4.48. The number of pyridine rings is 1. The van der Waals surface area contributed by atoms with Gasteiger partial charge in [0.25, 0.3) is 0 Å². The average Bonchev–Trinajstić information content (AvgIpc) is 2.96. The molecule has 2 N–H and O–H groups in total. The summed E-state index contributed by atoms with van der Waals surface area (Å²) in [5.41, 5.74) is 2.10. The summed E-state index contributed by atoms with van der Waals surface area (Å²) in [4.78, 5) is 8.90. The van der Waals surface area contributed by atoms with Crippen LogP contribution in [-0.2, 0) is 13.0 Å². The van der Waals surface area contributed by atoms with E-state index in [0.717, 1.165) is 30.9 Å². The van der Waals surface area contributed by atoms with Gasteiger partial charge < -0.3 is 10.4 Å². The van der Waals surface area contributed by atoms with Crippen LogP contribution in [0, 0.1) is 5.92 Å². The Morgan fingerprint density at radius 2 is 2.14 bits per heavy atom. The van der Waals surface area contributed by atoms with Crippen molar-refractivity contribution in [3.05, 3.63) is 46.2 Å². The third-order valence-electron chi connectivity index (χ3n) is 3.28. The van der Waals surface area contributed by atoms with Crippen molar-refractivity contribution >= 4 is 11.3 Å². The van der Waals surface area contributed by atoms with Crippen LogP contribution in [-0.4, -0.2) is 28.2 Å². The molecule has 1 atom stereocenters. The third kappa shape index (κ3) is 5.19. The highest BCUT2D eigenvalue weighted by Gasteiger charge is 2.10. The number of nitrogens with one attached hydrogen (secondary N) is 1. The molecule has 1 unspecified atom stereocenters. The highest BCUT2D eigenvalue weighted by molar-refractivity contribution is 7.09. The van der Waals surface area contributed by atoms with Crippen molar-refractivity contribution in [2.75, 3.05) is 13.2 Å². The number of aromatic nitrogens is 2. The molecule has 0 spiro atoms. The Kier molecular flexibility index (Phi) is 6.29. The molecule has 0 aliphatic rings. The molecule has 0 aromatic carbocycles. The van der Waals surface area contributed by atoms with Crippen LogP contribution in [0.4, 0.5) is 0 Å². The van der Waals surface area contributed by atoms with Gasteiger partial charge in [-0.2, -0.15) is 0 Å². The van der Waals surface area contributed by atoms with Gasteiger partial charge in [0.15, 0.2) is 0 Å². The number of rotatable bonds is 8. The fourth-order valence-corrected chi connectivity index (χ4v) is 2.92. The Morgan fingerprint density at radius 3 is 2.76 bits per heavy atom. The molecule has 2 rings (SSSR count). The SMILES string of the molecule is CC(C)c1nc(CNCC(CO)Cc2ccccn2)cs1. The maximum Gasteiger partial charge on any atom is 0.0954 e.